The molecule has 4 aromatic rings. The number of carbonyl (C=O) groups is 2. The third kappa shape index (κ3) is 4.34. The number of oxazole rings is 2. The molecule has 0 saturated heterocycles. The first kappa shape index (κ1) is 23.2. The smallest absolute Gasteiger partial charge is 0.412 e. The summed E-state index contributed by atoms with van der Waals surface area (Å²) >= 11 is 1.18. The molecule has 6 rings (SSSR count). The average Bonchev–Trinajstić information content (AvgIpc) is 3.75. The Hall–Kier alpha value is -4.17. The molecule has 1 aromatic carbocycles. The summed E-state index contributed by atoms with van der Waals surface area (Å²) in [4.78, 5) is 33.2. The SMILES string of the molecule is Cc1ccccc1C(C)OC(=O)Nc1c(C2CC2)nsc1C#Cc1nc2oc(C3(C(=O)O)CC3)nc2o1. The first-order chi connectivity index (χ1) is 17.8. The predicted molar refractivity (Wildman–Crippen MR) is 132 cm³/mol. The van der Waals surface area contributed by atoms with Crippen molar-refractivity contribution in [2.24, 2.45) is 0 Å². The molecule has 188 valence electrons. The van der Waals surface area contributed by atoms with Gasteiger partial charge in [-0.2, -0.15) is 14.3 Å². The molecule has 2 N–H and O–H groups in total. The third-order valence-electron chi connectivity index (χ3n) is 6.65. The molecule has 0 aliphatic heterocycles. The molecule has 0 bridgehead atoms. The summed E-state index contributed by atoms with van der Waals surface area (Å²) in [5.41, 5.74) is 2.43. The Morgan fingerprint density at radius 3 is 2.62 bits per heavy atom. The molecule has 37 heavy (non-hydrogen) atoms. The molecule has 3 heterocycles. The van der Waals surface area contributed by atoms with Crippen LogP contribution in [-0.2, 0) is 14.9 Å². The lowest BCUT2D eigenvalue weighted by atomic mass is 10.1. The first-order valence-corrected chi connectivity index (χ1v) is 12.7. The Morgan fingerprint density at radius 2 is 1.95 bits per heavy atom. The maximum Gasteiger partial charge on any atom is 0.412 e. The van der Waals surface area contributed by atoms with E-state index < -0.39 is 23.6 Å². The van der Waals surface area contributed by atoms with Crippen LogP contribution in [0.1, 0.15) is 78.1 Å². The van der Waals surface area contributed by atoms with Crippen molar-refractivity contribution in [2.45, 2.75) is 57.0 Å². The van der Waals surface area contributed by atoms with Gasteiger partial charge in [-0.3, -0.25) is 10.1 Å². The molecule has 1 atom stereocenters. The molecule has 2 fully saturated rings. The van der Waals surface area contributed by atoms with Crippen LogP contribution in [0.25, 0.3) is 11.4 Å². The second kappa shape index (κ2) is 8.74. The van der Waals surface area contributed by atoms with Crippen molar-refractivity contribution >= 4 is 40.7 Å². The molecule has 2 aliphatic carbocycles. The van der Waals surface area contributed by atoms with Gasteiger partial charge < -0.3 is 18.7 Å². The molecule has 2 saturated carbocycles. The van der Waals surface area contributed by atoms with Crippen LogP contribution < -0.4 is 5.32 Å². The van der Waals surface area contributed by atoms with Gasteiger partial charge in [-0.1, -0.05) is 24.3 Å². The normalized spacial score (nSPS) is 16.6. The standard InChI is InChI=1S/C26H22N4O6S/c1-13-5-3-4-6-16(13)14(2)34-25(33)28-20-17(37-30-19(20)15-7-8-15)9-10-18-27-21-22(35-18)29-23(36-21)26(11-12-26)24(31)32/h3-6,14-15H,7-8,11-12H2,1-2H3,(H,28,33)(H,31,32). The largest absolute Gasteiger partial charge is 0.480 e. The number of aromatic nitrogens is 3. The number of benzene rings is 1. The number of rotatable bonds is 6. The van der Waals surface area contributed by atoms with Gasteiger partial charge in [-0.25, -0.2) is 4.79 Å². The number of aliphatic carboxylic acids is 1. The minimum atomic E-state index is -1.08. The summed E-state index contributed by atoms with van der Waals surface area (Å²) in [5, 5.41) is 12.3. The summed E-state index contributed by atoms with van der Waals surface area (Å²) in [5.74, 6) is 5.28. The zero-order chi connectivity index (χ0) is 25.7. The van der Waals surface area contributed by atoms with Crippen molar-refractivity contribution in [1.29, 1.82) is 0 Å². The average molecular weight is 519 g/mol. The van der Waals surface area contributed by atoms with E-state index in [4.69, 9.17) is 13.6 Å². The van der Waals surface area contributed by atoms with Crippen molar-refractivity contribution in [3.63, 3.8) is 0 Å². The quantitative estimate of drug-likeness (QED) is 0.326. The summed E-state index contributed by atoms with van der Waals surface area (Å²) in [6.07, 6.45) is 1.93. The summed E-state index contributed by atoms with van der Waals surface area (Å²) in [7, 11) is 0. The molecular formula is C26H22N4O6S. The van der Waals surface area contributed by atoms with Gasteiger partial charge in [-0.15, -0.1) is 0 Å². The first-order valence-electron chi connectivity index (χ1n) is 11.9. The number of fused-ring (bicyclic) bond motifs is 1. The van der Waals surface area contributed by atoms with Crippen LogP contribution in [0.4, 0.5) is 10.5 Å². The Balaban J connectivity index is 1.21. The maximum absolute atomic E-state index is 12.8. The molecular weight excluding hydrogens is 496 g/mol. The Morgan fingerprint density at radius 1 is 1.19 bits per heavy atom. The minimum absolute atomic E-state index is 0.0658. The molecule has 0 radical (unpaired) electrons. The van der Waals surface area contributed by atoms with Crippen LogP contribution >= 0.6 is 11.5 Å². The monoisotopic (exact) mass is 518 g/mol. The number of anilines is 1. The van der Waals surface area contributed by atoms with Gasteiger partial charge in [0.1, 0.15) is 16.4 Å². The Kier molecular flexibility index (Phi) is 5.49. The van der Waals surface area contributed by atoms with Crippen LogP contribution in [0.3, 0.4) is 0 Å². The Bertz CT molecular complexity index is 1570. The lowest BCUT2D eigenvalue weighted by Gasteiger charge is -2.16. The van der Waals surface area contributed by atoms with Gasteiger partial charge in [0.2, 0.25) is 5.89 Å². The second-order valence-corrected chi connectivity index (χ2v) is 10.1. The van der Waals surface area contributed by atoms with Crippen LogP contribution in [0.5, 0.6) is 0 Å². The Labute approximate surface area is 215 Å². The lowest BCUT2D eigenvalue weighted by Crippen LogP contribution is -2.19. The summed E-state index contributed by atoms with van der Waals surface area (Å²) in [6.45, 7) is 3.80. The van der Waals surface area contributed by atoms with Crippen molar-refractivity contribution in [1.82, 2.24) is 14.3 Å². The van der Waals surface area contributed by atoms with Crippen molar-refractivity contribution < 1.29 is 28.3 Å². The third-order valence-corrected chi connectivity index (χ3v) is 7.42. The van der Waals surface area contributed by atoms with E-state index in [0.717, 1.165) is 29.7 Å². The topological polar surface area (TPSA) is 141 Å². The van der Waals surface area contributed by atoms with E-state index in [-0.39, 0.29) is 29.1 Å². The fourth-order valence-electron chi connectivity index (χ4n) is 4.20. The van der Waals surface area contributed by atoms with Crippen LogP contribution in [0, 0.1) is 18.8 Å². The van der Waals surface area contributed by atoms with Gasteiger partial charge in [0, 0.05) is 5.92 Å². The number of hydrogen-bond donors (Lipinski definition) is 2. The van der Waals surface area contributed by atoms with Crippen LogP contribution in [-0.4, -0.2) is 31.5 Å². The lowest BCUT2D eigenvalue weighted by molar-refractivity contribution is -0.140. The van der Waals surface area contributed by atoms with E-state index in [9.17, 15) is 14.7 Å². The molecule has 1 unspecified atom stereocenters. The predicted octanol–water partition coefficient (Wildman–Crippen LogP) is 5.28. The minimum Gasteiger partial charge on any atom is -0.480 e. The molecule has 3 aromatic heterocycles. The van der Waals surface area contributed by atoms with E-state index in [2.05, 4.69) is 31.5 Å². The van der Waals surface area contributed by atoms with Crippen LogP contribution in [0.2, 0.25) is 0 Å². The van der Waals surface area contributed by atoms with E-state index in [0.29, 0.717) is 23.4 Å². The number of ether oxygens (including phenoxy) is 1. The van der Waals surface area contributed by atoms with E-state index >= 15 is 0 Å². The molecule has 10 nitrogen and oxygen atoms in total. The van der Waals surface area contributed by atoms with Crippen molar-refractivity contribution in [3.8, 4) is 11.8 Å². The van der Waals surface area contributed by atoms with E-state index in [1.165, 1.54) is 11.5 Å². The van der Waals surface area contributed by atoms with Gasteiger partial charge >= 0.3 is 12.1 Å². The van der Waals surface area contributed by atoms with Gasteiger partial charge in [0.15, 0.2) is 0 Å². The number of hydrogen-bond acceptors (Lipinski definition) is 9. The highest BCUT2D eigenvalue weighted by Crippen LogP contribution is 2.48. The fourth-order valence-corrected chi connectivity index (χ4v) is 4.97. The molecule has 11 heteroatoms. The number of nitrogens with zero attached hydrogens (tertiary/aromatic N) is 3. The number of carboxylic acids is 1. The number of amides is 1. The van der Waals surface area contributed by atoms with Gasteiger partial charge in [0.05, 0.1) is 11.4 Å². The number of carboxylic acid groups (broad SMARTS) is 1. The highest BCUT2D eigenvalue weighted by atomic mass is 32.1. The highest BCUT2D eigenvalue weighted by molar-refractivity contribution is 7.07. The molecule has 0 spiro atoms. The molecule has 2 aliphatic rings. The van der Waals surface area contributed by atoms with Crippen LogP contribution in [0.15, 0.2) is 33.1 Å². The zero-order valence-electron chi connectivity index (χ0n) is 20.0. The molecule has 1 amide bonds. The van der Waals surface area contributed by atoms with Crippen molar-refractivity contribution in [2.75, 3.05) is 5.32 Å². The number of aryl methyl sites for hydroxylation is 1. The maximum atomic E-state index is 12.8. The van der Waals surface area contributed by atoms with Gasteiger partial charge in [0.25, 0.3) is 17.3 Å². The number of carbonyl (C=O) groups excluding carboxylic acids is 1. The highest BCUT2D eigenvalue weighted by Gasteiger charge is 2.56. The second-order valence-electron chi connectivity index (χ2n) is 9.36. The van der Waals surface area contributed by atoms with E-state index in [1.54, 1.807) is 0 Å². The summed E-state index contributed by atoms with van der Waals surface area (Å²) in [6, 6.07) is 7.76. The van der Waals surface area contributed by atoms with Crippen molar-refractivity contribution in [3.05, 3.63) is 57.7 Å². The zero-order valence-corrected chi connectivity index (χ0v) is 20.8. The summed E-state index contributed by atoms with van der Waals surface area (Å²) < 4.78 is 21.3. The van der Waals surface area contributed by atoms with Gasteiger partial charge in [-0.05, 0) is 74.0 Å². The fraction of sp³-hybridized carbons (Fsp3) is 0.346. The van der Waals surface area contributed by atoms with E-state index in [1.807, 2.05) is 38.1 Å². The number of nitrogens with one attached hydrogen (secondary N) is 1.